The van der Waals surface area contributed by atoms with Crippen LogP contribution in [0, 0.1) is 70.0 Å². The van der Waals surface area contributed by atoms with Crippen LogP contribution in [0.1, 0.15) is 194 Å². The number of allylic oxidation sites excluding steroid dienone is 6. The molecule has 2 unspecified atom stereocenters. The zero-order valence-corrected chi connectivity index (χ0v) is 55.6. The van der Waals surface area contributed by atoms with Gasteiger partial charge in [-0.25, -0.2) is 9.59 Å². The third-order valence-corrected chi connectivity index (χ3v) is 30.7. The van der Waals surface area contributed by atoms with Gasteiger partial charge in [0.05, 0.1) is 31.5 Å². The lowest BCUT2D eigenvalue weighted by atomic mass is 9.61. The minimum absolute atomic E-state index is 0. The molecule has 7 aliphatic rings. The van der Waals surface area contributed by atoms with E-state index < -0.39 is 40.9 Å². The van der Waals surface area contributed by atoms with Gasteiger partial charge >= 0.3 is 11.9 Å². The number of cyclic esters (lactones) is 1. The summed E-state index contributed by atoms with van der Waals surface area (Å²) in [6.45, 7) is 49.1. The van der Waals surface area contributed by atoms with E-state index in [0.29, 0.717) is 60.3 Å². The van der Waals surface area contributed by atoms with Crippen molar-refractivity contribution in [3.8, 4) is 23.7 Å². The van der Waals surface area contributed by atoms with Crippen LogP contribution in [0.15, 0.2) is 95.2 Å². The number of aliphatic hydroxyl groups is 3. The van der Waals surface area contributed by atoms with Crippen LogP contribution in [-0.4, -0.2) is 87.6 Å². The van der Waals surface area contributed by atoms with E-state index >= 15 is 0 Å². The first-order chi connectivity index (χ1) is 38.1. The topological polar surface area (TPSA) is 132 Å². The molecule has 0 amide bonds. The second-order valence-electron chi connectivity index (χ2n) is 29.5. The summed E-state index contributed by atoms with van der Waals surface area (Å²) in [5, 5.41) is 30.8. The molecule has 3 N–H and O–H groups in total. The minimum Gasteiger partial charge on any atom is -0.466 e. The highest BCUT2D eigenvalue weighted by molar-refractivity contribution is 6.74. The van der Waals surface area contributed by atoms with Crippen molar-refractivity contribution in [2.24, 2.45) is 46.3 Å². The predicted molar refractivity (Wildman–Crippen MR) is 349 cm³/mol. The number of fused-ring (bicyclic) bond motifs is 2. The maximum absolute atomic E-state index is 11.6. The fraction of sp³-hybridized carbons (Fsp3) is 0.694. The molecule has 83 heavy (non-hydrogen) atoms. The first kappa shape index (κ1) is 70.0. The van der Waals surface area contributed by atoms with Gasteiger partial charge in [-0.15, -0.1) is 5.92 Å². The van der Waals surface area contributed by atoms with E-state index in [1.807, 2.05) is 0 Å². The highest BCUT2D eigenvalue weighted by atomic mass is 28.4. The average Bonchev–Trinajstić information content (AvgIpc) is 4.25. The Morgan fingerprint density at radius 2 is 1.28 bits per heavy atom. The van der Waals surface area contributed by atoms with Gasteiger partial charge in [-0.1, -0.05) is 156 Å². The fourth-order valence-corrected chi connectivity index (χ4v) is 17.4. The SMILES string of the molecule is C.C=C(CC(O)C#CC[C@@H](C)[C@H]1CC[C@H]2/C(=C/C=C3/C[C@@H](O[Si](C)(C)C(C)(C)C)C[C@H](O[Si](C)(C)C(C)(C)C)C3=C)CCC[C@]12C)C(=O)OC.C=C1CC(C#CC[C@@H](C)[C@H]2CC[C@H]3/C(=C/C=C4/C[C@@H](O)C[C@H](O)C4=C)CCC[C@]23C)OC1=O.[HH]. The van der Waals surface area contributed by atoms with Crippen molar-refractivity contribution >= 4 is 28.6 Å². The lowest BCUT2D eigenvalue weighted by molar-refractivity contribution is -0.137. The molecular weight excluding hydrogens is 1060 g/mol. The van der Waals surface area contributed by atoms with Crippen molar-refractivity contribution in [1.82, 2.24) is 0 Å². The van der Waals surface area contributed by atoms with E-state index in [2.05, 4.69) is 170 Å². The Kier molecular flexibility index (Phi) is 23.9. The van der Waals surface area contributed by atoms with Crippen LogP contribution in [0.2, 0.25) is 36.3 Å². The second-order valence-corrected chi connectivity index (χ2v) is 39.1. The lowest BCUT2D eigenvalue weighted by Gasteiger charge is -2.45. The molecule has 9 nitrogen and oxygen atoms in total. The molecule has 0 bridgehead atoms. The molecule has 14 atom stereocenters. The van der Waals surface area contributed by atoms with Crippen molar-refractivity contribution in [3.63, 3.8) is 0 Å². The van der Waals surface area contributed by atoms with Crippen molar-refractivity contribution in [2.45, 2.75) is 265 Å². The summed E-state index contributed by atoms with van der Waals surface area (Å²) >= 11 is 0. The van der Waals surface area contributed by atoms with Gasteiger partial charge in [0.2, 0.25) is 0 Å². The molecule has 7 rings (SSSR count). The standard InChI is InChI=1S/C42H70O5Si2.C29H38O4.CH4.H2/c1-29(18-16-20-34(43)26-30(2)39(44)45-11)36-23-24-37-32(19-17-25-42(36,37)10)21-22-33-27-35(46-48(12,13)40(4,5)6)28-38(31(33)3)47-49(14,15)41(7,8)9;1-18(7-5-9-24-15-19(2)28(32)33-24)25-12-13-26-21(8-6-14-29(25,26)4)10-11-22-16-23(30)17-27(31)20(22)3;;/h21-22,29,34-38,43H,2-3,17-19,23-28H2,1,4-15H3;10-11,18,23-27,30-31H,2-3,6-8,12-17H2,1,4H3;1H4;1H/b32-21+,33-22-;21-10+,22-11-;;/t29-,34?,35-,36-,37+,38+,42-;18-,23-,24?,25-,26+,27+,29-;;/m11../s1. The normalized spacial score (nSPS) is 33.3. The Hall–Kier alpha value is -3.79. The summed E-state index contributed by atoms with van der Waals surface area (Å²) in [4.78, 5) is 23.1. The van der Waals surface area contributed by atoms with Crippen LogP contribution in [0.25, 0.3) is 0 Å². The first-order valence-electron chi connectivity index (χ1n) is 31.3. The quantitative estimate of drug-likeness (QED) is 0.0714. The number of hydrogen-bond acceptors (Lipinski definition) is 9. The number of rotatable bonds is 13. The molecule has 0 spiro atoms. The maximum Gasteiger partial charge on any atom is 0.334 e. The molecule has 11 heteroatoms. The summed E-state index contributed by atoms with van der Waals surface area (Å²) in [5.74, 6) is 15.1. The molecule has 464 valence electrons. The molecule has 0 aromatic carbocycles. The molecule has 1 aliphatic heterocycles. The van der Waals surface area contributed by atoms with Gasteiger partial charge < -0.3 is 33.6 Å². The number of esters is 2. The summed E-state index contributed by atoms with van der Waals surface area (Å²) in [7, 11) is -2.66. The van der Waals surface area contributed by atoms with Crippen molar-refractivity contribution in [2.75, 3.05) is 7.11 Å². The summed E-state index contributed by atoms with van der Waals surface area (Å²) in [6, 6.07) is 0. The molecule has 0 aromatic rings. The highest BCUT2D eigenvalue weighted by Gasteiger charge is 2.52. The zero-order chi connectivity index (χ0) is 60.9. The van der Waals surface area contributed by atoms with Gasteiger partial charge in [0.15, 0.2) is 22.7 Å². The Morgan fingerprint density at radius 3 is 1.77 bits per heavy atom. The first-order valence-corrected chi connectivity index (χ1v) is 37.1. The van der Waals surface area contributed by atoms with E-state index in [1.165, 1.54) is 69.6 Å². The van der Waals surface area contributed by atoms with E-state index in [4.69, 9.17) is 18.3 Å². The Labute approximate surface area is 508 Å². The zero-order valence-electron chi connectivity index (χ0n) is 53.6. The van der Waals surface area contributed by atoms with Crippen molar-refractivity contribution in [3.05, 3.63) is 95.2 Å². The van der Waals surface area contributed by atoms with E-state index in [9.17, 15) is 24.9 Å². The maximum atomic E-state index is 11.6. The van der Waals surface area contributed by atoms with Crippen LogP contribution >= 0.6 is 0 Å². The fourth-order valence-electron chi connectivity index (χ4n) is 14.8. The van der Waals surface area contributed by atoms with Gasteiger partial charge in [0, 0.05) is 51.1 Å². The van der Waals surface area contributed by atoms with E-state index in [-0.39, 0.29) is 66.0 Å². The number of carbonyl (C=O) groups excluding carboxylic acids is 2. The molecule has 6 aliphatic carbocycles. The van der Waals surface area contributed by atoms with E-state index in [0.717, 1.165) is 55.2 Å². The van der Waals surface area contributed by atoms with Crippen LogP contribution in [0.5, 0.6) is 0 Å². The molecule has 1 heterocycles. The Bertz CT molecular complexity index is 2640. The third kappa shape index (κ3) is 16.8. The summed E-state index contributed by atoms with van der Waals surface area (Å²) in [5.41, 5.74) is 8.55. The molecule has 7 fully saturated rings. The minimum atomic E-state index is -2.01. The Balaban J connectivity index is 0.000000376. The van der Waals surface area contributed by atoms with Crippen LogP contribution in [0.3, 0.4) is 0 Å². The predicted octanol–water partition coefficient (Wildman–Crippen LogP) is 16.6. The third-order valence-electron chi connectivity index (χ3n) is 21.7. The average molecular weight is 1180 g/mol. The van der Waals surface area contributed by atoms with Crippen molar-refractivity contribution < 1.29 is 44.7 Å². The number of aliphatic hydroxyl groups excluding tert-OH is 3. The van der Waals surface area contributed by atoms with Crippen LogP contribution < -0.4 is 0 Å². The van der Waals surface area contributed by atoms with Gasteiger partial charge in [0.25, 0.3) is 0 Å². The number of methoxy groups -OCH3 is 1. The van der Waals surface area contributed by atoms with Gasteiger partial charge in [-0.05, 0) is 182 Å². The number of ether oxygens (including phenoxy) is 2. The molecule has 0 aromatic heterocycles. The molecule has 6 saturated carbocycles. The number of hydrogen-bond donors (Lipinski definition) is 3. The second kappa shape index (κ2) is 28.4. The molecule has 0 radical (unpaired) electrons. The van der Waals surface area contributed by atoms with Crippen molar-refractivity contribution in [1.29, 1.82) is 0 Å². The highest BCUT2D eigenvalue weighted by Crippen LogP contribution is 2.61. The summed E-state index contributed by atoms with van der Waals surface area (Å²) < 4.78 is 24.1. The Morgan fingerprint density at radius 1 is 0.771 bits per heavy atom. The largest absolute Gasteiger partial charge is 0.466 e. The molecule has 1 saturated heterocycles. The number of carbonyl (C=O) groups is 2. The van der Waals surface area contributed by atoms with Crippen LogP contribution in [0.4, 0.5) is 0 Å². The van der Waals surface area contributed by atoms with E-state index in [1.54, 1.807) is 5.57 Å². The smallest absolute Gasteiger partial charge is 0.334 e. The van der Waals surface area contributed by atoms with Gasteiger partial charge in [-0.2, -0.15) is 0 Å². The summed E-state index contributed by atoms with van der Waals surface area (Å²) in [6.07, 6.45) is 23.9. The van der Waals surface area contributed by atoms with Gasteiger partial charge in [0.1, 0.15) is 6.10 Å². The van der Waals surface area contributed by atoms with Gasteiger partial charge in [-0.3, -0.25) is 0 Å². The lowest BCUT2D eigenvalue weighted by Crippen LogP contribution is -2.49. The monoisotopic (exact) mass is 1180 g/mol. The molecular formula is C72H114O9Si2. The van der Waals surface area contributed by atoms with Crippen LogP contribution in [-0.2, 0) is 27.9 Å².